The second-order valence-corrected chi connectivity index (χ2v) is 5.54. The van der Waals surface area contributed by atoms with Crippen molar-refractivity contribution in [2.75, 3.05) is 0 Å². The lowest BCUT2D eigenvalue weighted by molar-refractivity contribution is -0.536. The minimum absolute atomic E-state index is 0.148. The summed E-state index contributed by atoms with van der Waals surface area (Å²) in [5.74, 6) is 0. The molecule has 1 saturated carbocycles. The Morgan fingerprint density at radius 2 is 2.24 bits per heavy atom. The fourth-order valence-electron chi connectivity index (χ4n) is 2.71. The third kappa shape index (κ3) is 1.79. The van der Waals surface area contributed by atoms with E-state index in [0.717, 1.165) is 40.4 Å². The largest absolute Gasteiger partial charge is 0.758 e. The maximum absolute atomic E-state index is 12.3. The molecule has 2 aliphatic rings. The first-order chi connectivity index (χ1) is 8.27. The van der Waals surface area contributed by atoms with Crippen LogP contribution in [0.2, 0.25) is 0 Å². The van der Waals surface area contributed by atoms with Gasteiger partial charge in [-0.15, -0.1) is 11.3 Å². The number of nitroso groups, excluding NO2 is 1. The van der Waals surface area contributed by atoms with Crippen molar-refractivity contribution in [2.45, 2.75) is 37.8 Å². The molecule has 0 radical (unpaired) electrons. The van der Waals surface area contributed by atoms with Crippen LogP contribution in [0.1, 0.15) is 30.6 Å². The summed E-state index contributed by atoms with van der Waals surface area (Å²) in [7, 11) is 0. The van der Waals surface area contributed by atoms with E-state index in [1.807, 2.05) is 17.5 Å². The molecule has 0 aromatic carbocycles. The average molecular weight is 250 g/mol. The topological polar surface area (TPSA) is 46.4 Å². The van der Waals surface area contributed by atoms with Crippen LogP contribution in [0.3, 0.4) is 0 Å². The summed E-state index contributed by atoms with van der Waals surface area (Å²) in [5.41, 5.74) is 0.526. The Morgan fingerprint density at radius 1 is 1.41 bits per heavy atom. The molecule has 0 saturated heterocycles. The zero-order valence-electron chi connectivity index (χ0n) is 9.41. The van der Waals surface area contributed by atoms with Gasteiger partial charge in [0.1, 0.15) is 5.70 Å². The molecule has 1 aliphatic heterocycles. The molecule has 90 valence electrons. The zero-order valence-corrected chi connectivity index (χ0v) is 10.2. The third-order valence-corrected chi connectivity index (χ3v) is 4.47. The molecular formula is C12H14N2O2S. The van der Waals surface area contributed by atoms with Crippen LogP contribution in [-0.2, 0) is 0 Å². The summed E-state index contributed by atoms with van der Waals surface area (Å²) in [5, 5.41) is 15.3. The van der Waals surface area contributed by atoms with Gasteiger partial charge in [0.15, 0.2) is 0 Å². The smallest absolute Gasteiger partial charge is 0.245 e. The summed E-state index contributed by atoms with van der Waals surface area (Å²) >= 11 is 1.50. The Kier molecular flexibility index (Phi) is 2.72. The highest BCUT2D eigenvalue weighted by atomic mass is 32.1. The first kappa shape index (κ1) is 10.9. The van der Waals surface area contributed by atoms with Crippen LogP contribution in [0.25, 0.3) is 5.70 Å². The van der Waals surface area contributed by atoms with Gasteiger partial charge in [-0.2, -0.15) is 0 Å². The maximum atomic E-state index is 12.3. The number of rotatable bonds is 1. The summed E-state index contributed by atoms with van der Waals surface area (Å²) in [6, 6.07) is 3.48. The molecule has 1 aromatic heterocycles. The molecule has 1 aromatic rings. The molecular weight excluding hydrogens is 236 g/mol. The molecule has 3 rings (SSSR count). The van der Waals surface area contributed by atoms with Gasteiger partial charge in [-0.3, -0.25) is 0 Å². The van der Waals surface area contributed by atoms with E-state index in [9.17, 15) is 10.1 Å². The van der Waals surface area contributed by atoms with Crippen LogP contribution in [-0.4, -0.2) is 21.9 Å². The number of hydrogen-bond acceptors (Lipinski definition) is 4. The summed E-state index contributed by atoms with van der Waals surface area (Å²) in [6.45, 7) is 0. The quantitative estimate of drug-likeness (QED) is 0.720. The average Bonchev–Trinajstić information content (AvgIpc) is 2.87. The Balaban J connectivity index is 1.97. The Labute approximate surface area is 104 Å². The van der Waals surface area contributed by atoms with Crippen molar-refractivity contribution in [1.82, 2.24) is 5.06 Å². The normalized spacial score (nSPS) is 28.9. The highest BCUT2D eigenvalue weighted by molar-refractivity contribution is 7.11. The molecule has 17 heavy (non-hydrogen) atoms. The van der Waals surface area contributed by atoms with Crippen LogP contribution < -0.4 is 0 Å². The molecule has 1 aliphatic carbocycles. The van der Waals surface area contributed by atoms with Crippen molar-refractivity contribution in [3.63, 3.8) is 0 Å². The second-order valence-electron chi connectivity index (χ2n) is 4.60. The number of hydroxylamine groups is 2. The van der Waals surface area contributed by atoms with E-state index in [0.29, 0.717) is 5.70 Å². The zero-order chi connectivity index (χ0) is 11.8. The molecule has 2 atom stereocenters. The van der Waals surface area contributed by atoms with Crippen LogP contribution in [0, 0.1) is 10.1 Å². The van der Waals surface area contributed by atoms with E-state index in [-0.39, 0.29) is 12.1 Å². The van der Waals surface area contributed by atoms with Crippen molar-refractivity contribution in [3.05, 3.63) is 38.7 Å². The van der Waals surface area contributed by atoms with Gasteiger partial charge in [0.25, 0.3) is 0 Å². The van der Waals surface area contributed by atoms with Gasteiger partial charge in [-0.25, -0.2) is 0 Å². The molecule has 0 spiro atoms. The first-order valence-corrected chi connectivity index (χ1v) is 6.83. The number of hydrogen-bond donors (Lipinski definition) is 0. The Morgan fingerprint density at radius 3 is 3.00 bits per heavy atom. The predicted octanol–water partition coefficient (Wildman–Crippen LogP) is 2.95. The second kappa shape index (κ2) is 4.23. The summed E-state index contributed by atoms with van der Waals surface area (Å²) in [4.78, 5) is 12.8. The van der Waals surface area contributed by atoms with Gasteiger partial charge in [0, 0.05) is 16.1 Å². The van der Waals surface area contributed by atoms with Crippen LogP contribution in [0.4, 0.5) is 0 Å². The first-order valence-electron chi connectivity index (χ1n) is 5.95. The fourth-order valence-corrected chi connectivity index (χ4v) is 3.43. The number of fused-ring (bicyclic) bond motifs is 1. The standard InChI is InChI=1S/C12H14N2O2S/c15-13-8-11(12-6-3-7-17-12)14(16)10-5-2-1-4-9(10)13/h3,6-10H,1-2,4-5H2/t9-,10+/m0/s1. The van der Waals surface area contributed by atoms with Crippen LogP contribution >= 0.6 is 11.3 Å². The highest BCUT2D eigenvalue weighted by Gasteiger charge is 2.41. The molecule has 0 bridgehead atoms. The van der Waals surface area contributed by atoms with E-state index in [4.69, 9.17) is 0 Å². The van der Waals surface area contributed by atoms with Gasteiger partial charge in [-0.1, -0.05) is 12.5 Å². The lowest BCUT2D eigenvalue weighted by Crippen LogP contribution is -2.48. The maximum Gasteiger partial charge on any atom is 0.245 e. The molecule has 2 heterocycles. The molecule has 0 unspecified atom stereocenters. The van der Waals surface area contributed by atoms with Crippen molar-refractivity contribution >= 4 is 17.0 Å². The number of thiophene rings is 1. The lowest BCUT2D eigenvalue weighted by atomic mass is 9.88. The van der Waals surface area contributed by atoms with Crippen molar-refractivity contribution in [2.24, 2.45) is 0 Å². The van der Waals surface area contributed by atoms with Gasteiger partial charge in [-0.05, 0) is 24.3 Å². The van der Waals surface area contributed by atoms with Crippen molar-refractivity contribution in [3.8, 4) is 0 Å². The SMILES string of the molecule is O=[N+]1C=C(c2cccs2)N([O-])[C@@H]2CCCC[C@@H]21. The van der Waals surface area contributed by atoms with Gasteiger partial charge in [0.05, 0.1) is 10.9 Å². The minimum Gasteiger partial charge on any atom is -0.758 e. The van der Waals surface area contributed by atoms with E-state index in [2.05, 4.69) is 0 Å². The van der Waals surface area contributed by atoms with Crippen molar-refractivity contribution < 1.29 is 4.76 Å². The Bertz CT molecular complexity index is 455. The molecule has 1 fully saturated rings. The molecule has 4 nitrogen and oxygen atoms in total. The highest BCUT2D eigenvalue weighted by Crippen LogP contribution is 2.35. The summed E-state index contributed by atoms with van der Waals surface area (Å²) in [6.07, 6.45) is 5.23. The van der Waals surface area contributed by atoms with E-state index < -0.39 is 0 Å². The van der Waals surface area contributed by atoms with E-state index >= 15 is 0 Å². The fraction of sp³-hybridized carbons (Fsp3) is 0.500. The molecule has 0 N–H and O–H groups in total. The van der Waals surface area contributed by atoms with Gasteiger partial charge >= 0.3 is 0 Å². The minimum atomic E-state index is -0.164. The van der Waals surface area contributed by atoms with Crippen LogP contribution in [0.5, 0.6) is 0 Å². The van der Waals surface area contributed by atoms with Crippen molar-refractivity contribution in [1.29, 1.82) is 0 Å². The summed E-state index contributed by atoms with van der Waals surface area (Å²) < 4.78 is 0.993. The monoisotopic (exact) mass is 250 g/mol. The Hall–Kier alpha value is -1.20. The third-order valence-electron chi connectivity index (χ3n) is 3.58. The lowest BCUT2D eigenvalue weighted by Gasteiger charge is -2.44. The van der Waals surface area contributed by atoms with Gasteiger partial charge < -0.3 is 10.3 Å². The molecule has 0 amide bonds. The van der Waals surface area contributed by atoms with Crippen LogP contribution in [0.15, 0.2) is 23.7 Å². The predicted molar refractivity (Wildman–Crippen MR) is 67.2 cm³/mol. The molecule has 5 heteroatoms. The van der Waals surface area contributed by atoms with Gasteiger partial charge in [0.2, 0.25) is 12.2 Å². The van der Waals surface area contributed by atoms with E-state index in [1.165, 1.54) is 17.5 Å². The number of nitrogens with zero attached hydrogens (tertiary/aromatic N) is 2. The van der Waals surface area contributed by atoms with E-state index in [1.54, 1.807) is 0 Å².